The Kier molecular flexibility index (Phi) is 4.28. The van der Waals surface area contributed by atoms with Gasteiger partial charge < -0.3 is 0 Å². The second-order valence-electron chi connectivity index (χ2n) is 4.46. The van der Waals surface area contributed by atoms with Crippen molar-refractivity contribution in [2.75, 3.05) is 4.72 Å². The minimum Gasteiger partial charge on any atom is -0.280 e. The summed E-state index contributed by atoms with van der Waals surface area (Å²) >= 11 is 11.8. The highest BCUT2D eigenvalue weighted by atomic mass is 35.5. The summed E-state index contributed by atoms with van der Waals surface area (Å²) in [6.07, 6.45) is 0. The number of aryl methyl sites for hydroxylation is 2. The number of hydrogen-bond donors (Lipinski definition) is 1. The molecule has 0 atom stereocenters. The van der Waals surface area contributed by atoms with Gasteiger partial charge in [0.05, 0.1) is 10.0 Å². The summed E-state index contributed by atoms with van der Waals surface area (Å²) in [6.45, 7) is 3.88. The zero-order chi connectivity index (χ0) is 14.9. The van der Waals surface area contributed by atoms with Crippen LogP contribution in [0.25, 0.3) is 0 Å². The van der Waals surface area contributed by atoms with Gasteiger partial charge in [0.1, 0.15) is 4.90 Å². The molecule has 0 fully saturated rings. The van der Waals surface area contributed by atoms with Gasteiger partial charge in [-0.3, -0.25) is 4.72 Å². The molecule has 0 amide bonds. The van der Waals surface area contributed by atoms with Gasteiger partial charge in [0.25, 0.3) is 10.0 Å². The summed E-state index contributed by atoms with van der Waals surface area (Å²) in [6, 6.07) is 9.83. The van der Waals surface area contributed by atoms with Crippen molar-refractivity contribution in [1.82, 2.24) is 0 Å². The zero-order valence-corrected chi connectivity index (χ0v) is 13.3. The van der Waals surface area contributed by atoms with E-state index in [1.165, 1.54) is 6.07 Å². The molecule has 0 radical (unpaired) electrons. The zero-order valence-electron chi connectivity index (χ0n) is 10.9. The van der Waals surface area contributed by atoms with Crippen LogP contribution >= 0.6 is 23.2 Å². The van der Waals surface area contributed by atoms with Crippen LogP contribution in [0.5, 0.6) is 0 Å². The molecule has 0 aliphatic heterocycles. The molecular weight excluding hydrogens is 317 g/mol. The third kappa shape index (κ3) is 3.08. The van der Waals surface area contributed by atoms with Crippen LogP contribution in [0.2, 0.25) is 10.0 Å². The molecule has 0 saturated carbocycles. The van der Waals surface area contributed by atoms with E-state index in [0.717, 1.165) is 11.1 Å². The van der Waals surface area contributed by atoms with Crippen molar-refractivity contribution in [3.05, 3.63) is 57.6 Å². The third-order valence-corrected chi connectivity index (χ3v) is 5.32. The van der Waals surface area contributed by atoms with E-state index in [9.17, 15) is 8.42 Å². The third-order valence-electron chi connectivity index (χ3n) is 2.96. The minimum absolute atomic E-state index is 0.0190. The van der Waals surface area contributed by atoms with Gasteiger partial charge in [0, 0.05) is 5.69 Å². The van der Waals surface area contributed by atoms with Crippen LogP contribution in [0.3, 0.4) is 0 Å². The second kappa shape index (κ2) is 5.64. The van der Waals surface area contributed by atoms with Crippen LogP contribution in [0, 0.1) is 13.8 Å². The lowest BCUT2D eigenvalue weighted by molar-refractivity contribution is 0.601. The Morgan fingerprint density at radius 2 is 1.70 bits per heavy atom. The summed E-state index contributed by atoms with van der Waals surface area (Å²) in [7, 11) is -3.76. The van der Waals surface area contributed by atoms with Gasteiger partial charge in [-0.1, -0.05) is 35.3 Å². The highest BCUT2D eigenvalue weighted by Crippen LogP contribution is 2.30. The smallest absolute Gasteiger partial charge is 0.263 e. The number of nitrogens with one attached hydrogen (secondary N) is 1. The van der Waals surface area contributed by atoms with Gasteiger partial charge in [-0.2, -0.15) is 0 Å². The molecule has 2 rings (SSSR count). The molecule has 0 aromatic heterocycles. The average Bonchev–Trinajstić information content (AvgIpc) is 2.36. The van der Waals surface area contributed by atoms with Crippen molar-refractivity contribution in [3.63, 3.8) is 0 Å². The summed E-state index contributed by atoms with van der Waals surface area (Å²) in [5, 5.41) is 0.222. The van der Waals surface area contributed by atoms with E-state index in [0.29, 0.717) is 5.69 Å². The van der Waals surface area contributed by atoms with Gasteiger partial charge in [0.15, 0.2) is 0 Å². The lowest BCUT2D eigenvalue weighted by Crippen LogP contribution is -2.13. The van der Waals surface area contributed by atoms with Crippen LogP contribution in [-0.2, 0) is 10.0 Å². The monoisotopic (exact) mass is 329 g/mol. The van der Waals surface area contributed by atoms with E-state index >= 15 is 0 Å². The molecule has 0 aliphatic rings. The first-order valence-corrected chi connectivity index (χ1v) is 8.09. The molecule has 2 aromatic carbocycles. The normalized spacial score (nSPS) is 11.4. The second-order valence-corrected chi connectivity index (χ2v) is 6.89. The topological polar surface area (TPSA) is 46.2 Å². The molecule has 0 saturated heterocycles. The summed E-state index contributed by atoms with van der Waals surface area (Å²) < 4.78 is 27.1. The molecule has 106 valence electrons. The van der Waals surface area contributed by atoms with Crippen molar-refractivity contribution in [3.8, 4) is 0 Å². The predicted octanol–water partition coefficient (Wildman–Crippen LogP) is 4.41. The fourth-order valence-corrected chi connectivity index (χ4v) is 3.52. The molecule has 0 spiro atoms. The Hall–Kier alpha value is -1.23. The lowest BCUT2D eigenvalue weighted by Gasteiger charge is -2.11. The number of benzene rings is 2. The van der Waals surface area contributed by atoms with Gasteiger partial charge in [-0.25, -0.2) is 8.42 Å². The SMILES string of the molecule is Cc1ccc(NS(=O)(=O)c2cccc(Cl)c2Cl)cc1C. The summed E-state index contributed by atoms with van der Waals surface area (Å²) in [5.74, 6) is 0. The Bertz CT molecular complexity index is 758. The summed E-state index contributed by atoms with van der Waals surface area (Å²) in [4.78, 5) is -0.0371. The average molecular weight is 330 g/mol. The molecule has 6 heteroatoms. The van der Waals surface area contributed by atoms with Crippen LogP contribution in [0.1, 0.15) is 11.1 Å². The van der Waals surface area contributed by atoms with Crippen LogP contribution in [0.4, 0.5) is 5.69 Å². The number of rotatable bonds is 3. The summed E-state index contributed by atoms with van der Waals surface area (Å²) in [5.41, 5.74) is 2.58. The van der Waals surface area contributed by atoms with Crippen molar-refractivity contribution in [2.24, 2.45) is 0 Å². The van der Waals surface area contributed by atoms with Crippen molar-refractivity contribution in [2.45, 2.75) is 18.7 Å². The predicted molar refractivity (Wildman–Crippen MR) is 83.2 cm³/mol. The van der Waals surface area contributed by atoms with E-state index in [-0.39, 0.29) is 14.9 Å². The molecule has 0 heterocycles. The Morgan fingerprint density at radius 1 is 1.00 bits per heavy atom. The number of sulfonamides is 1. The quantitative estimate of drug-likeness (QED) is 0.906. The maximum atomic E-state index is 12.3. The minimum atomic E-state index is -3.76. The number of anilines is 1. The molecule has 0 aliphatic carbocycles. The van der Waals surface area contributed by atoms with E-state index in [4.69, 9.17) is 23.2 Å². The highest BCUT2D eigenvalue weighted by molar-refractivity contribution is 7.92. The van der Waals surface area contributed by atoms with Crippen molar-refractivity contribution < 1.29 is 8.42 Å². The van der Waals surface area contributed by atoms with Crippen LogP contribution < -0.4 is 4.72 Å². The first-order valence-electron chi connectivity index (χ1n) is 5.85. The fraction of sp³-hybridized carbons (Fsp3) is 0.143. The largest absolute Gasteiger partial charge is 0.280 e. The lowest BCUT2D eigenvalue weighted by atomic mass is 10.1. The van der Waals surface area contributed by atoms with E-state index in [1.807, 2.05) is 19.9 Å². The van der Waals surface area contributed by atoms with Gasteiger partial charge in [-0.05, 0) is 49.2 Å². The van der Waals surface area contributed by atoms with Gasteiger partial charge in [0.2, 0.25) is 0 Å². The number of halogens is 2. The van der Waals surface area contributed by atoms with Crippen molar-refractivity contribution >= 4 is 38.9 Å². The Balaban J connectivity index is 2.41. The van der Waals surface area contributed by atoms with E-state index in [2.05, 4.69) is 4.72 Å². The first-order chi connectivity index (χ1) is 9.31. The van der Waals surface area contributed by atoms with Gasteiger partial charge in [-0.15, -0.1) is 0 Å². The molecule has 1 N–H and O–H groups in total. The Morgan fingerprint density at radius 3 is 2.35 bits per heavy atom. The first kappa shape index (κ1) is 15.2. The molecule has 3 nitrogen and oxygen atoms in total. The maximum absolute atomic E-state index is 12.3. The molecule has 0 unspecified atom stereocenters. The van der Waals surface area contributed by atoms with Crippen LogP contribution in [-0.4, -0.2) is 8.42 Å². The Labute approximate surface area is 128 Å². The molecular formula is C14H13Cl2NO2S. The van der Waals surface area contributed by atoms with E-state index < -0.39 is 10.0 Å². The van der Waals surface area contributed by atoms with Crippen LogP contribution in [0.15, 0.2) is 41.3 Å². The fourth-order valence-electron chi connectivity index (χ4n) is 1.71. The maximum Gasteiger partial charge on any atom is 0.263 e. The highest BCUT2D eigenvalue weighted by Gasteiger charge is 2.19. The molecule has 20 heavy (non-hydrogen) atoms. The molecule has 0 bridgehead atoms. The molecule has 2 aromatic rings. The van der Waals surface area contributed by atoms with Crippen molar-refractivity contribution in [1.29, 1.82) is 0 Å². The van der Waals surface area contributed by atoms with E-state index in [1.54, 1.807) is 24.3 Å². The number of hydrogen-bond acceptors (Lipinski definition) is 2. The van der Waals surface area contributed by atoms with Gasteiger partial charge >= 0.3 is 0 Å². The standard InChI is InChI=1S/C14H13Cl2NO2S/c1-9-6-7-11(8-10(9)2)17-20(18,19)13-5-3-4-12(15)14(13)16/h3-8,17H,1-2H3.